The molecule has 0 atom stereocenters. The summed E-state index contributed by atoms with van der Waals surface area (Å²) in [5.74, 6) is 0. The van der Waals surface area contributed by atoms with E-state index in [1.165, 1.54) is 11.1 Å². The number of aryl methyl sites for hydroxylation is 1. The van der Waals surface area contributed by atoms with Gasteiger partial charge >= 0.3 is 0 Å². The van der Waals surface area contributed by atoms with E-state index in [2.05, 4.69) is 17.6 Å². The summed E-state index contributed by atoms with van der Waals surface area (Å²) in [6.07, 6.45) is 3.81. The van der Waals surface area contributed by atoms with Crippen LogP contribution in [0.25, 0.3) is 10.9 Å². The number of aromatic nitrogens is 1. The molecule has 3 heteroatoms. The van der Waals surface area contributed by atoms with Crippen molar-refractivity contribution in [1.82, 2.24) is 4.57 Å². The zero-order valence-electron chi connectivity index (χ0n) is 11.8. The van der Waals surface area contributed by atoms with Gasteiger partial charge in [0.05, 0.1) is 5.52 Å². The Balaban J connectivity index is 2.13. The maximum absolute atomic E-state index is 11.3. The number of carbonyl (C=O) groups is 1. The molecule has 0 aliphatic carbocycles. The molecule has 1 heterocycles. The zero-order valence-corrected chi connectivity index (χ0v) is 12.6. The van der Waals surface area contributed by atoms with Gasteiger partial charge in [-0.05, 0) is 29.7 Å². The number of aldehydes is 1. The van der Waals surface area contributed by atoms with Crippen LogP contribution in [0.2, 0.25) is 5.02 Å². The van der Waals surface area contributed by atoms with Crippen LogP contribution < -0.4 is 0 Å². The van der Waals surface area contributed by atoms with Crippen LogP contribution in [0.3, 0.4) is 0 Å². The van der Waals surface area contributed by atoms with Crippen molar-refractivity contribution in [2.45, 2.75) is 19.9 Å². The Morgan fingerprint density at radius 1 is 1.14 bits per heavy atom. The second-order valence-electron chi connectivity index (χ2n) is 5.12. The molecule has 0 radical (unpaired) electrons. The molecule has 0 aliphatic heterocycles. The van der Waals surface area contributed by atoms with Crippen LogP contribution in [-0.2, 0) is 13.0 Å². The fourth-order valence-corrected chi connectivity index (χ4v) is 2.88. The highest BCUT2D eigenvalue weighted by Gasteiger charge is 2.11. The molecule has 106 valence electrons. The maximum Gasteiger partial charge on any atom is 0.152 e. The molecule has 0 saturated carbocycles. The van der Waals surface area contributed by atoms with Crippen molar-refractivity contribution in [1.29, 1.82) is 0 Å². The smallest absolute Gasteiger partial charge is 0.152 e. The molecule has 0 fully saturated rings. The summed E-state index contributed by atoms with van der Waals surface area (Å²) in [6.45, 7) is 2.87. The van der Waals surface area contributed by atoms with E-state index in [1.54, 1.807) is 0 Å². The lowest BCUT2D eigenvalue weighted by Gasteiger charge is -2.09. The third-order valence-electron chi connectivity index (χ3n) is 3.79. The first kappa shape index (κ1) is 13.9. The lowest BCUT2D eigenvalue weighted by molar-refractivity contribution is 0.112. The van der Waals surface area contributed by atoms with Gasteiger partial charge in [0.1, 0.15) is 0 Å². The minimum atomic E-state index is 0.735. The summed E-state index contributed by atoms with van der Waals surface area (Å²) >= 11 is 5.93. The van der Waals surface area contributed by atoms with Gasteiger partial charge in [-0.2, -0.15) is 0 Å². The van der Waals surface area contributed by atoms with Crippen molar-refractivity contribution in [3.8, 4) is 0 Å². The average molecular weight is 298 g/mol. The molecule has 0 N–H and O–H groups in total. The molecule has 2 aromatic carbocycles. The number of carbonyl (C=O) groups excluding carboxylic acids is 1. The third kappa shape index (κ3) is 2.59. The lowest BCUT2D eigenvalue weighted by atomic mass is 10.1. The standard InChI is InChI=1S/C18H16ClNO/c1-2-14-4-3-5-17-15(12-21)11-20(18(14)17)10-13-6-8-16(19)9-7-13/h3-9,11-12H,2,10H2,1H3. The summed E-state index contributed by atoms with van der Waals surface area (Å²) in [5.41, 5.74) is 4.32. The van der Waals surface area contributed by atoms with Gasteiger partial charge < -0.3 is 4.57 Å². The van der Waals surface area contributed by atoms with Crippen molar-refractivity contribution in [2.24, 2.45) is 0 Å². The molecule has 0 bridgehead atoms. The molecule has 3 rings (SSSR count). The number of hydrogen-bond acceptors (Lipinski definition) is 1. The van der Waals surface area contributed by atoms with E-state index in [0.717, 1.165) is 40.7 Å². The van der Waals surface area contributed by atoms with E-state index in [1.807, 2.05) is 42.6 Å². The van der Waals surface area contributed by atoms with Crippen LogP contribution in [0.15, 0.2) is 48.7 Å². The fraction of sp³-hybridized carbons (Fsp3) is 0.167. The minimum absolute atomic E-state index is 0.735. The first-order valence-corrected chi connectivity index (χ1v) is 7.41. The molecule has 0 spiro atoms. The molecule has 1 aromatic heterocycles. The Bertz CT molecular complexity index is 787. The normalized spacial score (nSPS) is 11.0. The first-order chi connectivity index (χ1) is 10.2. The van der Waals surface area contributed by atoms with E-state index in [-0.39, 0.29) is 0 Å². The van der Waals surface area contributed by atoms with Gasteiger partial charge in [0.2, 0.25) is 0 Å². The monoisotopic (exact) mass is 297 g/mol. The molecule has 0 aliphatic rings. The van der Waals surface area contributed by atoms with E-state index >= 15 is 0 Å². The molecule has 3 aromatic rings. The number of para-hydroxylation sites is 1. The van der Waals surface area contributed by atoms with Crippen molar-refractivity contribution in [3.05, 3.63) is 70.4 Å². The Morgan fingerprint density at radius 2 is 1.90 bits per heavy atom. The molecule has 21 heavy (non-hydrogen) atoms. The van der Waals surface area contributed by atoms with E-state index in [4.69, 9.17) is 11.6 Å². The minimum Gasteiger partial charge on any atom is -0.342 e. The lowest BCUT2D eigenvalue weighted by Crippen LogP contribution is -1.99. The highest BCUT2D eigenvalue weighted by molar-refractivity contribution is 6.30. The number of fused-ring (bicyclic) bond motifs is 1. The SMILES string of the molecule is CCc1cccc2c(C=O)cn(Cc3ccc(Cl)cc3)c12. The summed E-state index contributed by atoms with van der Waals surface area (Å²) in [6, 6.07) is 14.0. The molecule has 0 amide bonds. The highest BCUT2D eigenvalue weighted by atomic mass is 35.5. The second-order valence-corrected chi connectivity index (χ2v) is 5.56. The molecule has 2 nitrogen and oxygen atoms in total. The summed E-state index contributed by atoms with van der Waals surface area (Å²) < 4.78 is 2.15. The summed E-state index contributed by atoms with van der Waals surface area (Å²) in [4.78, 5) is 11.3. The highest BCUT2D eigenvalue weighted by Crippen LogP contribution is 2.25. The average Bonchev–Trinajstić information content (AvgIpc) is 2.87. The van der Waals surface area contributed by atoms with Crippen LogP contribution >= 0.6 is 11.6 Å². The van der Waals surface area contributed by atoms with Crippen LogP contribution in [0.1, 0.15) is 28.4 Å². The number of halogens is 1. The molecule has 0 saturated heterocycles. The van der Waals surface area contributed by atoms with E-state index in [9.17, 15) is 4.79 Å². The number of nitrogens with zero attached hydrogens (tertiary/aromatic N) is 1. The first-order valence-electron chi connectivity index (χ1n) is 7.03. The third-order valence-corrected chi connectivity index (χ3v) is 4.04. The van der Waals surface area contributed by atoms with E-state index < -0.39 is 0 Å². The van der Waals surface area contributed by atoms with Gasteiger partial charge in [-0.25, -0.2) is 0 Å². The molecular weight excluding hydrogens is 282 g/mol. The van der Waals surface area contributed by atoms with E-state index in [0.29, 0.717) is 0 Å². The van der Waals surface area contributed by atoms with Crippen LogP contribution in [0, 0.1) is 0 Å². The number of hydrogen-bond donors (Lipinski definition) is 0. The predicted molar refractivity (Wildman–Crippen MR) is 87.3 cm³/mol. The second kappa shape index (κ2) is 5.74. The number of rotatable bonds is 4. The summed E-state index contributed by atoms with van der Waals surface area (Å²) in [7, 11) is 0. The van der Waals surface area contributed by atoms with Crippen molar-refractivity contribution < 1.29 is 4.79 Å². The van der Waals surface area contributed by atoms with Crippen LogP contribution in [0.5, 0.6) is 0 Å². The Kier molecular flexibility index (Phi) is 3.80. The Hall–Kier alpha value is -2.06. The van der Waals surface area contributed by atoms with Crippen molar-refractivity contribution >= 4 is 28.8 Å². The molecule has 0 unspecified atom stereocenters. The summed E-state index contributed by atoms with van der Waals surface area (Å²) in [5, 5.41) is 1.76. The van der Waals surface area contributed by atoms with Gasteiger partial charge in [0.25, 0.3) is 0 Å². The van der Waals surface area contributed by atoms with Crippen molar-refractivity contribution in [2.75, 3.05) is 0 Å². The Morgan fingerprint density at radius 3 is 2.57 bits per heavy atom. The zero-order chi connectivity index (χ0) is 14.8. The van der Waals surface area contributed by atoms with Crippen LogP contribution in [0.4, 0.5) is 0 Å². The number of benzene rings is 2. The quantitative estimate of drug-likeness (QED) is 0.639. The largest absolute Gasteiger partial charge is 0.342 e. The van der Waals surface area contributed by atoms with Gasteiger partial charge in [-0.1, -0.05) is 48.9 Å². The Labute approximate surface area is 129 Å². The van der Waals surface area contributed by atoms with Crippen molar-refractivity contribution in [3.63, 3.8) is 0 Å². The predicted octanol–water partition coefficient (Wildman–Crippen LogP) is 4.72. The maximum atomic E-state index is 11.3. The topological polar surface area (TPSA) is 22.0 Å². The van der Waals surface area contributed by atoms with Gasteiger partial charge in [-0.15, -0.1) is 0 Å². The fourth-order valence-electron chi connectivity index (χ4n) is 2.76. The van der Waals surface area contributed by atoms with Crippen LogP contribution in [-0.4, -0.2) is 10.9 Å². The molecular formula is C18H16ClNO. The van der Waals surface area contributed by atoms with Gasteiger partial charge in [0.15, 0.2) is 6.29 Å². The van der Waals surface area contributed by atoms with Gasteiger partial charge in [-0.3, -0.25) is 4.79 Å². The van der Waals surface area contributed by atoms with Gasteiger partial charge in [0, 0.05) is 28.7 Å².